The second-order valence-corrected chi connectivity index (χ2v) is 7.17. The molecular formula is C10H18N4O3S2. The molecule has 3 N–H and O–H groups in total. The summed E-state index contributed by atoms with van der Waals surface area (Å²) in [6.45, 7) is 4.26. The minimum absolute atomic E-state index is 0.0847. The van der Waals surface area contributed by atoms with Crippen LogP contribution in [0.1, 0.15) is 5.69 Å². The van der Waals surface area contributed by atoms with E-state index in [1.54, 1.807) is 5.38 Å². The molecule has 2 heterocycles. The number of aromatic amines is 1. The van der Waals surface area contributed by atoms with Crippen molar-refractivity contribution in [3.8, 4) is 0 Å². The van der Waals surface area contributed by atoms with Crippen LogP contribution in [-0.4, -0.2) is 56.8 Å². The van der Waals surface area contributed by atoms with E-state index in [0.29, 0.717) is 12.2 Å². The molecule has 1 aliphatic heterocycles. The Kier molecular flexibility index (Phi) is 5.11. The number of hydrogen-bond donors (Lipinski definition) is 3. The molecule has 1 aromatic heterocycles. The van der Waals surface area contributed by atoms with Gasteiger partial charge in [0.2, 0.25) is 10.0 Å². The van der Waals surface area contributed by atoms with Crippen LogP contribution >= 0.6 is 11.3 Å². The maximum atomic E-state index is 11.8. The number of nitrogens with zero attached hydrogens (tertiary/aromatic N) is 1. The Bertz CT molecular complexity index is 545. The number of nitrogens with one attached hydrogen (secondary N) is 3. The van der Waals surface area contributed by atoms with Crippen LogP contribution < -0.4 is 14.9 Å². The first-order valence-corrected chi connectivity index (χ1v) is 8.65. The summed E-state index contributed by atoms with van der Waals surface area (Å²) in [6, 6.07) is 0. The van der Waals surface area contributed by atoms with Gasteiger partial charge in [-0.2, -0.15) is 0 Å². The number of rotatable bonds is 6. The fraction of sp³-hybridized carbons (Fsp3) is 0.700. The lowest BCUT2D eigenvalue weighted by atomic mass is 10.4. The first kappa shape index (κ1) is 14.7. The number of thiazole rings is 1. The molecule has 108 valence electrons. The molecule has 0 aromatic carbocycles. The summed E-state index contributed by atoms with van der Waals surface area (Å²) in [7, 11) is -3.30. The number of hydrogen-bond acceptors (Lipinski definition) is 6. The van der Waals surface area contributed by atoms with E-state index in [1.165, 1.54) is 0 Å². The largest absolute Gasteiger partial charge is 0.315 e. The van der Waals surface area contributed by atoms with E-state index in [4.69, 9.17) is 0 Å². The van der Waals surface area contributed by atoms with Gasteiger partial charge >= 0.3 is 4.87 Å². The maximum Gasteiger partial charge on any atom is 0.304 e. The molecular weight excluding hydrogens is 288 g/mol. The van der Waals surface area contributed by atoms with Gasteiger partial charge in [-0.05, 0) is 0 Å². The first-order chi connectivity index (χ1) is 9.05. The number of sulfonamides is 1. The third-order valence-corrected chi connectivity index (χ3v) is 4.96. The molecule has 9 heteroatoms. The van der Waals surface area contributed by atoms with E-state index in [1.807, 2.05) is 0 Å². The lowest BCUT2D eigenvalue weighted by Gasteiger charge is -2.26. The fourth-order valence-electron chi connectivity index (χ4n) is 1.84. The van der Waals surface area contributed by atoms with Crippen LogP contribution in [0.3, 0.4) is 0 Å². The van der Waals surface area contributed by atoms with Crippen LogP contribution in [0.15, 0.2) is 10.2 Å². The van der Waals surface area contributed by atoms with E-state index >= 15 is 0 Å². The van der Waals surface area contributed by atoms with Crippen molar-refractivity contribution in [2.45, 2.75) is 6.54 Å². The summed E-state index contributed by atoms with van der Waals surface area (Å²) in [4.78, 5) is 15.4. The third-order valence-electron chi connectivity index (χ3n) is 2.94. The Labute approximate surface area is 116 Å². The van der Waals surface area contributed by atoms with Gasteiger partial charge in [0.25, 0.3) is 0 Å². The zero-order valence-electron chi connectivity index (χ0n) is 10.5. The van der Waals surface area contributed by atoms with Crippen molar-refractivity contribution in [3.63, 3.8) is 0 Å². The molecule has 0 spiro atoms. The Morgan fingerprint density at radius 2 is 2.11 bits per heavy atom. The predicted octanol–water partition coefficient (Wildman–Crippen LogP) is -1.24. The van der Waals surface area contributed by atoms with Crippen molar-refractivity contribution in [3.05, 3.63) is 20.7 Å². The van der Waals surface area contributed by atoms with Crippen molar-refractivity contribution < 1.29 is 8.42 Å². The summed E-state index contributed by atoms with van der Waals surface area (Å²) in [5.74, 6) is 0.0847. The van der Waals surface area contributed by atoms with Crippen LogP contribution in [-0.2, 0) is 16.6 Å². The van der Waals surface area contributed by atoms with Crippen molar-refractivity contribution in [2.75, 3.05) is 38.5 Å². The molecule has 0 saturated carbocycles. The molecule has 1 saturated heterocycles. The predicted molar refractivity (Wildman–Crippen MR) is 74.9 cm³/mol. The SMILES string of the molecule is O=c1[nH]c(CNS(=O)(=O)CCN2CCNCC2)cs1. The topological polar surface area (TPSA) is 94.3 Å². The van der Waals surface area contributed by atoms with Gasteiger partial charge in [0.05, 0.1) is 12.3 Å². The minimum atomic E-state index is -3.30. The van der Waals surface area contributed by atoms with E-state index in [0.717, 1.165) is 37.5 Å². The number of aromatic nitrogens is 1. The van der Waals surface area contributed by atoms with E-state index in [-0.39, 0.29) is 17.2 Å². The number of piperazine rings is 1. The molecule has 19 heavy (non-hydrogen) atoms. The van der Waals surface area contributed by atoms with E-state index in [9.17, 15) is 13.2 Å². The highest BCUT2D eigenvalue weighted by molar-refractivity contribution is 7.89. The number of H-pyrrole nitrogens is 1. The second-order valence-electron chi connectivity index (χ2n) is 4.41. The minimum Gasteiger partial charge on any atom is -0.315 e. The molecule has 1 aliphatic rings. The van der Waals surface area contributed by atoms with Crippen LogP contribution in [0.4, 0.5) is 0 Å². The normalized spacial score (nSPS) is 17.7. The summed E-state index contributed by atoms with van der Waals surface area (Å²) < 4.78 is 26.1. The summed E-state index contributed by atoms with van der Waals surface area (Å²) in [6.07, 6.45) is 0. The monoisotopic (exact) mass is 306 g/mol. The third kappa shape index (κ3) is 5.03. The van der Waals surface area contributed by atoms with Gasteiger partial charge in [-0.15, -0.1) is 0 Å². The average molecular weight is 306 g/mol. The van der Waals surface area contributed by atoms with Crippen molar-refractivity contribution >= 4 is 21.4 Å². The lowest BCUT2D eigenvalue weighted by Crippen LogP contribution is -2.45. The van der Waals surface area contributed by atoms with Gasteiger partial charge in [-0.25, -0.2) is 13.1 Å². The van der Waals surface area contributed by atoms with Gasteiger partial charge < -0.3 is 10.3 Å². The van der Waals surface area contributed by atoms with Gasteiger partial charge in [-0.3, -0.25) is 9.69 Å². The van der Waals surface area contributed by atoms with Crippen LogP contribution in [0.5, 0.6) is 0 Å². The highest BCUT2D eigenvalue weighted by atomic mass is 32.2. The fourth-order valence-corrected chi connectivity index (χ4v) is 3.44. The van der Waals surface area contributed by atoms with Crippen LogP contribution in [0.25, 0.3) is 0 Å². The summed E-state index contributed by atoms with van der Waals surface area (Å²) >= 11 is 1.03. The quantitative estimate of drug-likeness (QED) is 0.611. The van der Waals surface area contributed by atoms with Crippen LogP contribution in [0, 0.1) is 0 Å². The first-order valence-electron chi connectivity index (χ1n) is 6.12. The second kappa shape index (κ2) is 6.62. The molecule has 1 aromatic rings. The van der Waals surface area contributed by atoms with E-state index < -0.39 is 10.0 Å². The summed E-state index contributed by atoms with van der Waals surface area (Å²) in [5, 5.41) is 4.85. The standard InChI is InChI=1S/C10H18N4O3S2/c15-10-13-9(8-18-10)7-12-19(16,17)6-5-14-3-1-11-2-4-14/h8,11-12H,1-7H2,(H,13,15). The molecule has 7 nitrogen and oxygen atoms in total. The van der Waals surface area contributed by atoms with E-state index in [2.05, 4.69) is 19.9 Å². The molecule has 0 unspecified atom stereocenters. The lowest BCUT2D eigenvalue weighted by molar-refractivity contribution is 0.253. The zero-order valence-corrected chi connectivity index (χ0v) is 12.1. The Morgan fingerprint density at radius 1 is 1.37 bits per heavy atom. The van der Waals surface area contributed by atoms with Crippen LogP contribution in [0.2, 0.25) is 0 Å². The average Bonchev–Trinajstić information content (AvgIpc) is 2.82. The van der Waals surface area contributed by atoms with Gasteiger partial charge in [-0.1, -0.05) is 11.3 Å². The van der Waals surface area contributed by atoms with Gasteiger partial charge in [0.1, 0.15) is 0 Å². The molecule has 2 rings (SSSR count). The van der Waals surface area contributed by atoms with Crippen molar-refractivity contribution in [1.82, 2.24) is 19.9 Å². The van der Waals surface area contributed by atoms with Gasteiger partial charge in [0.15, 0.2) is 0 Å². The highest BCUT2D eigenvalue weighted by Gasteiger charge is 2.15. The Balaban J connectivity index is 1.76. The maximum absolute atomic E-state index is 11.8. The molecule has 1 fully saturated rings. The van der Waals surface area contributed by atoms with Crippen molar-refractivity contribution in [1.29, 1.82) is 0 Å². The molecule has 0 radical (unpaired) electrons. The summed E-state index contributed by atoms with van der Waals surface area (Å²) in [5.41, 5.74) is 0.598. The molecule has 0 aliphatic carbocycles. The molecule has 0 atom stereocenters. The van der Waals surface area contributed by atoms with Gasteiger partial charge in [0, 0.05) is 43.8 Å². The molecule has 0 bridgehead atoms. The van der Waals surface area contributed by atoms with Crippen molar-refractivity contribution in [2.24, 2.45) is 0 Å². The Morgan fingerprint density at radius 3 is 2.74 bits per heavy atom. The Hall–Kier alpha value is -0.740. The highest BCUT2D eigenvalue weighted by Crippen LogP contribution is 1.98. The molecule has 0 amide bonds. The smallest absolute Gasteiger partial charge is 0.304 e. The zero-order chi connectivity index (χ0) is 13.7.